The molecule has 0 fully saturated rings. The predicted octanol–water partition coefficient (Wildman–Crippen LogP) is 3.05. The summed E-state index contributed by atoms with van der Waals surface area (Å²) in [6.45, 7) is 6.07. The summed E-state index contributed by atoms with van der Waals surface area (Å²) in [6, 6.07) is 5.64. The maximum Gasteiger partial charge on any atom is 0.419 e. The van der Waals surface area contributed by atoms with Crippen molar-refractivity contribution in [2.24, 2.45) is 5.41 Å². The average Bonchev–Trinajstić information content (AvgIpc) is 2.72. The molecule has 0 aliphatic rings. The molecule has 2 aromatic rings. The van der Waals surface area contributed by atoms with Crippen molar-refractivity contribution in [3.63, 3.8) is 0 Å². The largest absolute Gasteiger partial charge is 0.481 e. The van der Waals surface area contributed by atoms with E-state index < -0.39 is 11.4 Å². The van der Waals surface area contributed by atoms with Gasteiger partial charge in [-0.3, -0.25) is 9.36 Å². The van der Waals surface area contributed by atoms with E-state index in [9.17, 15) is 9.59 Å². The molecule has 0 amide bonds. The van der Waals surface area contributed by atoms with E-state index in [0.717, 1.165) is 17.5 Å². The van der Waals surface area contributed by atoms with Gasteiger partial charge in [0.25, 0.3) is 0 Å². The second-order valence-electron chi connectivity index (χ2n) is 6.01. The summed E-state index contributed by atoms with van der Waals surface area (Å²) in [7, 11) is 0. The molecule has 0 atom stereocenters. The minimum absolute atomic E-state index is 0.338. The molecule has 114 valence electrons. The molecule has 1 aromatic carbocycles. The van der Waals surface area contributed by atoms with Crippen molar-refractivity contribution in [1.82, 2.24) is 4.57 Å². The fraction of sp³-hybridized carbons (Fsp3) is 0.500. The molecule has 0 aliphatic heterocycles. The SMILES string of the molecule is CCCn1c(=O)oc2cc(CCC(C)(C)C(=O)O)ccc21. The molecule has 2 rings (SSSR count). The molecule has 1 heterocycles. The van der Waals surface area contributed by atoms with E-state index in [1.807, 2.05) is 25.1 Å². The number of hydrogen-bond donors (Lipinski definition) is 1. The number of benzene rings is 1. The molecule has 0 unspecified atom stereocenters. The smallest absolute Gasteiger partial charge is 0.419 e. The maximum atomic E-state index is 11.8. The molecule has 1 N–H and O–H groups in total. The van der Waals surface area contributed by atoms with Crippen LogP contribution >= 0.6 is 0 Å². The summed E-state index contributed by atoms with van der Waals surface area (Å²) < 4.78 is 6.89. The van der Waals surface area contributed by atoms with E-state index in [4.69, 9.17) is 9.52 Å². The van der Waals surface area contributed by atoms with Gasteiger partial charge in [-0.15, -0.1) is 0 Å². The van der Waals surface area contributed by atoms with Crippen LogP contribution in [-0.2, 0) is 17.8 Å². The average molecular weight is 291 g/mol. The van der Waals surface area contributed by atoms with Crippen molar-refractivity contribution in [2.75, 3.05) is 0 Å². The first-order chi connectivity index (χ1) is 9.85. The summed E-state index contributed by atoms with van der Waals surface area (Å²) in [5.74, 6) is -1.14. The zero-order chi connectivity index (χ0) is 15.6. The Morgan fingerprint density at radius 2 is 2.10 bits per heavy atom. The first kappa shape index (κ1) is 15.4. The summed E-state index contributed by atoms with van der Waals surface area (Å²) in [5, 5.41) is 9.13. The Morgan fingerprint density at radius 3 is 2.71 bits per heavy atom. The number of oxazole rings is 1. The van der Waals surface area contributed by atoms with Gasteiger partial charge in [-0.05, 0) is 50.8 Å². The van der Waals surface area contributed by atoms with Crippen LogP contribution in [0.15, 0.2) is 27.4 Å². The monoisotopic (exact) mass is 291 g/mol. The van der Waals surface area contributed by atoms with Crippen LogP contribution in [0.5, 0.6) is 0 Å². The van der Waals surface area contributed by atoms with Crippen LogP contribution in [0.1, 0.15) is 39.2 Å². The van der Waals surface area contributed by atoms with Crippen LogP contribution in [0.4, 0.5) is 0 Å². The van der Waals surface area contributed by atoms with Gasteiger partial charge in [-0.1, -0.05) is 13.0 Å². The van der Waals surface area contributed by atoms with Gasteiger partial charge in [0, 0.05) is 6.54 Å². The lowest BCUT2D eigenvalue weighted by Crippen LogP contribution is -2.24. The number of aliphatic carboxylic acids is 1. The standard InChI is InChI=1S/C16H21NO4/c1-4-9-17-12-6-5-11(10-13(12)21-15(17)20)7-8-16(2,3)14(18)19/h5-6,10H,4,7-9H2,1-3H3,(H,18,19). The molecule has 0 aliphatic carbocycles. The van der Waals surface area contributed by atoms with E-state index >= 15 is 0 Å². The van der Waals surface area contributed by atoms with Gasteiger partial charge < -0.3 is 9.52 Å². The highest BCUT2D eigenvalue weighted by Crippen LogP contribution is 2.24. The van der Waals surface area contributed by atoms with Crippen molar-refractivity contribution in [1.29, 1.82) is 0 Å². The number of nitrogens with zero attached hydrogens (tertiary/aromatic N) is 1. The zero-order valence-electron chi connectivity index (χ0n) is 12.7. The van der Waals surface area contributed by atoms with E-state index in [0.29, 0.717) is 25.0 Å². The Balaban J connectivity index is 2.24. The minimum Gasteiger partial charge on any atom is -0.481 e. The minimum atomic E-state index is -0.802. The highest BCUT2D eigenvalue weighted by molar-refractivity contribution is 5.74. The Bertz CT molecular complexity index is 709. The number of hydrogen-bond acceptors (Lipinski definition) is 3. The van der Waals surface area contributed by atoms with Gasteiger partial charge in [0.1, 0.15) is 0 Å². The number of carboxylic acid groups (broad SMARTS) is 1. The van der Waals surface area contributed by atoms with Crippen LogP contribution in [0.3, 0.4) is 0 Å². The second-order valence-corrected chi connectivity index (χ2v) is 6.01. The third kappa shape index (κ3) is 3.17. The molecular weight excluding hydrogens is 270 g/mol. The Hall–Kier alpha value is -2.04. The number of fused-ring (bicyclic) bond motifs is 1. The number of rotatable bonds is 6. The highest BCUT2D eigenvalue weighted by Gasteiger charge is 2.26. The maximum absolute atomic E-state index is 11.8. The first-order valence-corrected chi connectivity index (χ1v) is 7.21. The van der Waals surface area contributed by atoms with Gasteiger partial charge in [-0.25, -0.2) is 4.79 Å². The summed E-state index contributed by atoms with van der Waals surface area (Å²) >= 11 is 0. The molecular formula is C16H21NO4. The topological polar surface area (TPSA) is 72.4 Å². The number of carbonyl (C=O) groups is 1. The van der Waals surface area contributed by atoms with E-state index in [1.54, 1.807) is 18.4 Å². The number of carboxylic acids is 1. The van der Waals surface area contributed by atoms with Gasteiger partial charge in [0.05, 0.1) is 10.9 Å². The fourth-order valence-electron chi connectivity index (χ4n) is 2.27. The number of aromatic nitrogens is 1. The summed E-state index contributed by atoms with van der Waals surface area (Å²) in [5.41, 5.74) is 1.58. The van der Waals surface area contributed by atoms with Crippen LogP contribution in [-0.4, -0.2) is 15.6 Å². The van der Waals surface area contributed by atoms with Crippen LogP contribution in [0.25, 0.3) is 11.1 Å². The molecule has 5 nitrogen and oxygen atoms in total. The molecule has 0 saturated heterocycles. The van der Waals surface area contributed by atoms with Gasteiger partial charge >= 0.3 is 11.7 Å². The van der Waals surface area contributed by atoms with Crippen LogP contribution < -0.4 is 5.76 Å². The summed E-state index contributed by atoms with van der Waals surface area (Å²) in [4.78, 5) is 22.9. The third-order valence-corrected chi connectivity index (χ3v) is 3.80. The fourth-order valence-corrected chi connectivity index (χ4v) is 2.27. The Labute approximate surface area is 123 Å². The molecule has 0 bridgehead atoms. The molecule has 0 spiro atoms. The van der Waals surface area contributed by atoms with Crippen LogP contribution in [0, 0.1) is 5.41 Å². The first-order valence-electron chi connectivity index (χ1n) is 7.21. The Kier molecular flexibility index (Phi) is 4.21. The number of aryl methyl sites for hydroxylation is 2. The quantitative estimate of drug-likeness (QED) is 0.887. The van der Waals surface area contributed by atoms with Crippen molar-refractivity contribution < 1.29 is 14.3 Å². The lowest BCUT2D eigenvalue weighted by atomic mass is 9.86. The van der Waals surface area contributed by atoms with E-state index in [1.165, 1.54) is 0 Å². The van der Waals surface area contributed by atoms with E-state index in [2.05, 4.69) is 0 Å². The van der Waals surface area contributed by atoms with E-state index in [-0.39, 0.29) is 5.76 Å². The predicted molar refractivity (Wildman–Crippen MR) is 80.5 cm³/mol. The normalized spacial score (nSPS) is 12.0. The summed E-state index contributed by atoms with van der Waals surface area (Å²) in [6.07, 6.45) is 2.04. The lowest BCUT2D eigenvalue weighted by Gasteiger charge is -2.18. The van der Waals surface area contributed by atoms with Crippen molar-refractivity contribution in [2.45, 2.75) is 46.6 Å². The highest BCUT2D eigenvalue weighted by atomic mass is 16.4. The molecule has 0 saturated carbocycles. The zero-order valence-corrected chi connectivity index (χ0v) is 12.7. The Morgan fingerprint density at radius 1 is 1.38 bits per heavy atom. The van der Waals surface area contributed by atoms with Gasteiger partial charge in [0.15, 0.2) is 5.58 Å². The van der Waals surface area contributed by atoms with Crippen molar-refractivity contribution >= 4 is 17.1 Å². The van der Waals surface area contributed by atoms with Crippen LogP contribution in [0.2, 0.25) is 0 Å². The lowest BCUT2D eigenvalue weighted by molar-refractivity contribution is -0.147. The molecule has 1 aromatic heterocycles. The van der Waals surface area contributed by atoms with Crippen molar-refractivity contribution in [3.05, 3.63) is 34.3 Å². The molecule has 21 heavy (non-hydrogen) atoms. The molecule has 5 heteroatoms. The van der Waals surface area contributed by atoms with Crippen molar-refractivity contribution in [3.8, 4) is 0 Å². The third-order valence-electron chi connectivity index (χ3n) is 3.80. The van der Waals surface area contributed by atoms with Gasteiger partial charge in [0.2, 0.25) is 0 Å². The van der Waals surface area contributed by atoms with Gasteiger partial charge in [-0.2, -0.15) is 0 Å². The second kappa shape index (κ2) is 5.76. The molecule has 0 radical (unpaired) electrons.